The highest BCUT2D eigenvalue weighted by atomic mass is 127. The number of rotatable bonds is 6. The fraction of sp³-hybridized carbons (Fsp3) is 0.286. The van der Waals surface area contributed by atoms with Crippen LogP contribution in [0.15, 0.2) is 44.7 Å². The van der Waals surface area contributed by atoms with Gasteiger partial charge in [0.25, 0.3) is 5.56 Å². The molecule has 3 rings (SSSR count). The Balaban J connectivity index is 2.02. The lowest BCUT2D eigenvalue weighted by molar-refractivity contribution is 0.206. The first-order valence-electron chi connectivity index (χ1n) is 9.11. The number of fused-ring (bicyclic) bond motifs is 1. The first kappa shape index (κ1) is 21.8. The largest absolute Gasteiger partial charge is 0.493 e. The Morgan fingerprint density at radius 3 is 2.79 bits per heavy atom. The van der Waals surface area contributed by atoms with Gasteiger partial charge in [-0.05, 0) is 78.8 Å². The van der Waals surface area contributed by atoms with Gasteiger partial charge in [-0.25, -0.2) is 4.98 Å². The first-order valence-corrected chi connectivity index (χ1v) is 11.0. The fourth-order valence-electron chi connectivity index (χ4n) is 2.73. The molecule has 0 aliphatic heterocycles. The van der Waals surface area contributed by atoms with Crippen molar-refractivity contribution < 1.29 is 9.47 Å². The lowest BCUT2D eigenvalue weighted by Gasteiger charge is -2.17. The third kappa shape index (κ3) is 4.80. The minimum Gasteiger partial charge on any atom is -0.493 e. The van der Waals surface area contributed by atoms with Gasteiger partial charge < -0.3 is 9.47 Å². The van der Waals surface area contributed by atoms with E-state index in [0.717, 1.165) is 20.0 Å². The molecule has 0 aliphatic rings. The summed E-state index contributed by atoms with van der Waals surface area (Å²) >= 11 is 5.61. The molecule has 0 aliphatic carbocycles. The van der Waals surface area contributed by atoms with Gasteiger partial charge >= 0.3 is 0 Å². The van der Waals surface area contributed by atoms with E-state index in [-0.39, 0.29) is 11.7 Å². The molecule has 0 amide bonds. The van der Waals surface area contributed by atoms with E-state index in [1.54, 1.807) is 26.3 Å². The lowest BCUT2D eigenvalue weighted by atomic mass is 10.2. The molecule has 0 spiro atoms. The zero-order valence-corrected chi connectivity index (χ0v) is 20.3. The van der Waals surface area contributed by atoms with Gasteiger partial charge in [0.15, 0.2) is 11.5 Å². The van der Waals surface area contributed by atoms with E-state index < -0.39 is 0 Å². The van der Waals surface area contributed by atoms with Crippen molar-refractivity contribution in [1.82, 2.24) is 9.66 Å². The predicted octanol–water partition coefficient (Wildman–Crippen LogP) is 5.14. The average molecular weight is 570 g/mol. The molecule has 29 heavy (non-hydrogen) atoms. The Bertz CT molecular complexity index is 1140. The molecular formula is C21H21BrIN3O3. The van der Waals surface area contributed by atoms with Crippen molar-refractivity contribution in [2.75, 3.05) is 7.11 Å². The topological polar surface area (TPSA) is 65.7 Å². The van der Waals surface area contributed by atoms with Gasteiger partial charge in [0.1, 0.15) is 5.82 Å². The quantitative estimate of drug-likeness (QED) is 0.304. The summed E-state index contributed by atoms with van der Waals surface area (Å²) in [6.07, 6.45) is 2.61. The summed E-state index contributed by atoms with van der Waals surface area (Å²) < 4.78 is 14.5. The molecule has 0 N–H and O–H groups in total. The van der Waals surface area contributed by atoms with E-state index in [9.17, 15) is 4.79 Å². The molecule has 0 fully saturated rings. The Kier molecular flexibility index (Phi) is 6.94. The van der Waals surface area contributed by atoms with Crippen molar-refractivity contribution in [3.63, 3.8) is 0 Å². The first-order chi connectivity index (χ1) is 13.8. The van der Waals surface area contributed by atoms with E-state index in [2.05, 4.69) is 55.5 Å². The van der Waals surface area contributed by atoms with Crippen LogP contribution in [0, 0.1) is 10.5 Å². The predicted molar refractivity (Wildman–Crippen MR) is 128 cm³/mol. The van der Waals surface area contributed by atoms with Gasteiger partial charge in [0.05, 0.1) is 33.9 Å². The van der Waals surface area contributed by atoms with Crippen molar-refractivity contribution in [2.45, 2.75) is 33.3 Å². The average Bonchev–Trinajstić information content (AvgIpc) is 2.70. The zero-order chi connectivity index (χ0) is 21.1. The number of aromatic nitrogens is 2. The number of nitrogens with zero attached hydrogens (tertiary/aromatic N) is 3. The van der Waals surface area contributed by atoms with E-state index >= 15 is 0 Å². The fourth-order valence-corrected chi connectivity index (χ4v) is 3.85. The molecule has 0 bridgehead atoms. The summed E-state index contributed by atoms with van der Waals surface area (Å²) in [6.45, 7) is 5.85. The summed E-state index contributed by atoms with van der Waals surface area (Å²) in [5, 5.41) is 4.89. The molecule has 0 radical (unpaired) electrons. The van der Waals surface area contributed by atoms with E-state index in [1.165, 1.54) is 4.68 Å². The van der Waals surface area contributed by atoms with Gasteiger partial charge in [-0.2, -0.15) is 9.78 Å². The summed E-state index contributed by atoms with van der Waals surface area (Å²) in [5.41, 5.74) is 1.22. The minimum absolute atomic E-state index is 0.0844. The number of hydrogen-bond acceptors (Lipinski definition) is 5. The third-order valence-electron chi connectivity index (χ3n) is 4.44. The van der Waals surface area contributed by atoms with E-state index in [1.807, 2.05) is 31.2 Å². The molecule has 0 saturated heterocycles. The number of methoxy groups -OCH3 is 1. The van der Waals surface area contributed by atoms with Gasteiger partial charge in [0.2, 0.25) is 0 Å². The molecular weight excluding hydrogens is 549 g/mol. The maximum atomic E-state index is 12.9. The Hall–Kier alpha value is -1.94. The number of aryl methyl sites for hydroxylation is 1. The lowest BCUT2D eigenvalue weighted by Crippen LogP contribution is -2.20. The van der Waals surface area contributed by atoms with Gasteiger partial charge in [-0.3, -0.25) is 4.79 Å². The molecule has 8 heteroatoms. The van der Waals surface area contributed by atoms with Crippen molar-refractivity contribution in [3.05, 3.63) is 60.1 Å². The normalized spacial score (nSPS) is 12.5. The van der Waals surface area contributed by atoms with E-state index in [4.69, 9.17) is 9.47 Å². The highest BCUT2D eigenvalue weighted by Crippen LogP contribution is 2.34. The maximum Gasteiger partial charge on any atom is 0.282 e. The molecule has 152 valence electrons. The molecule has 2 aromatic carbocycles. The van der Waals surface area contributed by atoms with E-state index in [0.29, 0.717) is 28.2 Å². The Labute approximate surface area is 191 Å². The highest BCUT2D eigenvalue weighted by Gasteiger charge is 2.14. The SMILES string of the molecule is CC[C@H](C)Oc1c(I)cc(C=Nn2c(C)nc3ccc(Br)cc3c2=O)cc1OC. The maximum absolute atomic E-state index is 12.9. The summed E-state index contributed by atoms with van der Waals surface area (Å²) in [6, 6.07) is 9.21. The van der Waals surface area contributed by atoms with Crippen molar-refractivity contribution in [2.24, 2.45) is 5.10 Å². The van der Waals surface area contributed by atoms with Crippen LogP contribution in [0.1, 0.15) is 31.7 Å². The molecule has 1 atom stereocenters. The van der Waals surface area contributed by atoms with Crippen LogP contribution in [0.2, 0.25) is 0 Å². The highest BCUT2D eigenvalue weighted by molar-refractivity contribution is 14.1. The molecule has 1 heterocycles. The number of hydrogen-bond donors (Lipinski definition) is 0. The van der Waals surface area contributed by atoms with Crippen LogP contribution in [0.5, 0.6) is 11.5 Å². The van der Waals surface area contributed by atoms with Crippen molar-refractivity contribution in [1.29, 1.82) is 0 Å². The number of halogens is 2. The summed E-state index contributed by atoms with van der Waals surface area (Å²) in [4.78, 5) is 17.3. The second-order valence-electron chi connectivity index (χ2n) is 6.55. The Morgan fingerprint density at radius 2 is 2.10 bits per heavy atom. The van der Waals surface area contributed by atoms with Crippen LogP contribution in [0.25, 0.3) is 10.9 Å². The number of benzene rings is 2. The van der Waals surface area contributed by atoms with Crippen LogP contribution >= 0.6 is 38.5 Å². The molecule has 3 aromatic rings. The zero-order valence-electron chi connectivity index (χ0n) is 16.6. The molecule has 1 aromatic heterocycles. The number of ether oxygens (including phenoxy) is 2. The van der Waals surface area contributed by atoms with Crippen LogP contribution in [0.4, 0.5) is 0 Å². The van der Waals surface area contributed by atoms with Crippen LogP contribution < -0.4 is 15.0 Å². The second kappa shape index (κ2) is 9.25. The van der Waals surface area contributed by atoms with Gasteiger partial charge in [-0.1, -0.05) is 22.9 Å². The van der Waals surface area contributed by atoms with Gasteiger partial charge in [0, 0.05) is 4.47 Å². The molecule has 0 unspecified atom stereocenters. The summed E-state index contributed by atoms with van der Waals surface area (Å²) in [5.74, 6) is 1.85. The van der Waals surface area contributed by atoms with Crippen LogP contribution in [-0.2, 0) is 0 Å². The Morgan fingerprint density at radius 1 is 1.34 bits per heavy atom. The standard InChI is InChI=1S/C21H21BrIN3O3/c1-5-12(2)29-20-17(23)8-14(9-19(20)28-4)11-24-26-13(3)25-18-7-6-15(22)10-16(18)21(26)27/h6-12H,5H2,1-4H3/t12-/m0/s1. The van der Waals surface area contributed by atoms with Crippen LogP contribution in [0.3, 0.4) is 0 Å². The van der Waals surface area contributed by atoms with Gasteiger partial charge in [-0.15, -0.1) is 0 Å². The van der Waals surface area contributed by atoms with Crippen molar-refractivity contribution >= 4 is 55.6 Å². The second-order valence-corrected chi connectivity index (χ2v) is 8.63. The van der Waals surface area contributed by atoms with Crippen molar-refractivity contribution in [3.8, 4) is 11.5 Å². The minimum atomic E-state index is -0.219. The monoisotopic (exact) mass is 569 g/mol. The van der Waals surface area contributed by atoms with Crippen LogP contribution in [-0.4, -0.2) is 29.1 Å². The third-order valence-corrected chi connectivity index (χ3v) is 5.73. The molecule has 6 nitrogen and oxygen atoms in total. The summed E-state index contributed by atoms with van der Waals surface area (Å²) in [7, 11) is 1.61. The smallest absolute Gasteiger partial charge is 0.282 e. The molecule has 0 saturated carbocycles.